The van der Waals surface area contributed by atoms with Crippen molar-refractivity contribution in [3.8, 4) is 0 Å². The van der Waals surface area contributed by atoms with Gasteiger partial charge < -0.3 is 4.57 Å². The summed E-state index contributed by atoms with van der Waals surface area (Å²) in [5.41, 5.74) is 0.616. The highest BCUT2D eigenvalue weighted by Crippen LogP contribution is 2.24. The highest BCUT2D eigenvalue weighted by Gasteiger charge is 2.24. The van der Waals surface area contributed by atoms with Crippen LogP contribution in [0.2, 0.25) is 0 Å². The number of aryl methyl sites for hydroxylation is 1. The van der Waals surface area contributed by atoms with Crippen LogP contribution in [-0.4, -0.2) is 17.5 Å². The standard InChI is InChI=1S/C8H13NO3S/c1-3-8(13(10,11)12)7-5-4-6-9(7)2/h4-6,8H,3H2,1-2H3,(H,10,11,12). The van der Waals surface area contributed by atoms with Crippen molar-refractivity contribution >= 4 is 10.1 Å². The van der Waals surface area contributed by atoms with Gasteiger partial charge in [0.2, 0.25) is 0 Å². The van der Waals surface area contributed by atoms with Gasteiger partial charge in [-0.2, -0.15) is 8.42 Å². The molecule has 0 saturated heterocycles. The van der Waals surface area contributed by atoms with Crippen LogP contribution in [0.5, 0.6) is 0 Å². The lowest BCUT2D eigenvalue weighted by Gasteiger charge is -2.12. The van der Waals surface area contributed by atoms with Gasteiger partial charge in [-0.3, -0.25) is 4.55 Å². The summed E-state index contributed by atoms with van der Waals surface area (Å²) in [6.07, 6.45) is 2.12. The van der Waals surface area contributed by atoms with Crippen molar-refractivity contribution in [2.75, 3.05) is 0 Å². The summed E-state index contributed by atoms with van der Waals surface area (Å²) in [4.78, 5) is 0. The Kier molecular flexibility index (Phi) is 2.77. The van der Waals surface area contributed by atoms with Gasteiger partial charge in [-0.15, -0.1) is 0 Å². The molecule has 1 aromatic heterocycles. The third-order valence-electron chi connectivity index (χ3n) is 2.04. The normalized spacial score (nSPS) is 14.4. The molecule has 1 unspecified atom stereocenters. The molecular formula is C8H13NO3S. The van der Waals surface area contributed by atoms with Crippen LogP contribution in [0.4, 0.5) is 0 Å². The highest BCUT2D eigenvalue weighted by molar-refractivity contribution is 7.86. The molecular weight excluding hydrogens is 190 g/mol. The quantitative estimate of drug-likeness (QED) is 0.755. The van der Waals surface area contributed by atoms with Crippen LogP contribution in [0.25, 0.3) is 0 Å². The summed E-state index contributed by atoms with van der Waals surface area (Å²) in [5, 5.41) is -0.813. The molecule has 0 aromatic carbocycles. The maximum absolute atomic E-state index is 11.0. The Balaban J connectivity index is 3.13. The second-order valence-corrected chi connectivity index (χ2v) is 4.55. The van der Waals surface area contributed by atoms with E-state index < -0.39 is 15.4 Å². The maximum Gasteiger partial charge on any atom is 0.273 e. The predicted octanol–water partition coefficient (Wildman–Crippen LogP) is 1.36. The first-order valence-corrected chi connectivity index (χ1v) is 5.54. The second kappa shape index (κ2) is 3.51. The van der Waals surface area contributed by atoms with Crippen LogP contribution in [0.1, 0.15) is 24.3 Å². The Bertz CT molecular complexity index is 380. The van der Waals surface area contributed by atoms with Crippen molar-refractivity contribution in [2.24, 2.45) is 7.05 Å². The third-order valence-corrected chi connectivity index (χ3v) is 3.34. The smallest absolute Gasteiger partial charge is 0.273 e. The lowest BCUT2D eigenvalue weighted by Crippen LogP contribution is -2.14. The van der Waals surface area contributed by atoms with Crippen molar-refractivity contribution in [3.63, 3.8) is 0 Å². The zero-order valence-corrected chi connectivity index (χ0v) is 8.45. The van der Waals surface area contributed by atoms with Crippen LogP contribution >= 0.6 is 0 Å². The highest BCUT2D eigenvalue weighted by atomic mass is 32.2. The molecule has 1 heterocycles. The minimum absolute atomic E-state index is 0.372. The van der Waals surface area contributed by atoms with Gasteiger partial charge >= 0.3 is 0 Å². The van der Waals surface area contributed by atoms with Gasteiger partial charge in [0, 0.05) is 18.9 Å². The minimum Gasteiger partial charge on any atom is -0.353 e. The summed E-state index contributed by atoms with van der Waals surface area (Å²) in [7, 11) is -2.23. The molecule has 0 fully saturated rings. The van der Waals surface area contributed by atoms with E-state index in [1.54, 1.807) is 36.9 Å². The first-order valence-electron chi connectivity index (χ1n) is 4.04. The zero-order chi connectivity index (χ0) is 10.1. The summed E-state index contributed by atoms with van der Waals surface area (Å²) < 4.78 is 32.5. The first kappa shape index (κ1) is 10.3. The van der Waals surface area contributed by atoms with E-state index in [-0.39, 0.29) is 0 Å². The molecule has 0 aliphatic rings. The topological polar surface area (TPSA) is 59.3 Å². The molecule has 0 amide bonds. The van der Waals surface area contributed by atoms with Crippen molar-refractivity contribution in [2.45, 2.75) is 18.6 Å². The van der Waals surface area contributed by atoms with Crippen molar-refractivity contribution < 1.29 is 13.0 Å². The van der Waals surface area contributed by atoms with Gasteiger partial charge in [0.15, 0.2) is 0 Å². The van der Waals surface area contributed by atoms with E-state index >= 15 is 0 Å². The summed E-state index contributed by atoms with van der Waals surface area (Å²) >= 11 is 0. The van der Waals surface area contributed by atoms with Crippen LogP contribution in [0.3, 0.4) is 0 Å². The molecule has 0 bridgehead atoms. The lowest BCUT2D eigenvalue weighted by atomic mass is 10.2. The fourth-order valence-electron chi connectivity index (χ4n) is 1.38. The Hall–Kier alpha value is -0.810. The van der Waals surface area contributed by atoms with Crippen molar-refractivity contribution in [3.05, 3.63) is 24.0 Å². The molecule has 13 heavy (non-hydrogen) atoms. The predicted molar refractivity (Wildman–Crippen MR) is 50.0 cm³/mol. The molecule has 0 spiro atoms. The van der Waals surface area contributed by atoms with E-state index in [4.69, 9.17) is 4.55 Å². The SMILES string of the molecule is CCC(c1cccn1C)S(=O)(=O)O. The first-order chi connectivity index (χ1) is 5.96. The zero-order valence-electron chi connectivity index (χ0n) is 7.64. The summed E-state index contributed by atoms with van der Waals surface area (Å²) in [6, 6.07) is 3.45. The van der Waals surface area contributed by atoms with Gasteiger partial charge in [0.25, 0.3) is 10.1 Å². The third kappa shape index (κ3) is 2.10. The minimum atomic E-state index is -3.98. The Morgan fingerprint density at radius 3 is 2.54 bits per heavy atom. The van der Waals surface area contributed by atoms with E-state index in [0.29, 0.717) is 12.1 Å². The van der Waals surface area contributed by atoms with E-state index in [1.807, 2.05) is 0 Å². The molecule has 0 aliphatic carbocycles. The van der Waals surface area contributed by atoms with Gasteiger partial charge in [0.05, 0.1) is 0 Å². The Morgan fingerprint density at radius 1 is 1.62 bits per heavy atom. The molecule has 1 N–H and O–H groups in total. The number of hydrogen-bond donors (Lipinski definition) is 1. The molecule has 74 valence electrons. The maximum atomic E-state index is 11.0. The molecule has 4 nitrogen and oxygen atoms in total. The van der Waals surface area contributed by atoms with Gasteiger partial charge in [-0.25, -0.2) is 0 Å². The van der Waals surface area contributed by atoms with E-state index in [0.717, 1.165) is 0 Å². The fraction of sp³-hybridized carbons (Fsp3) is 0.500. The van der Waals surface area contributed by atoms with Gasteiger partial charge in [-0.05, 0) is 18.6 Å². The molecule has 0 radical (unpaired) electrons. The Morgan fingerprint density at radius 2 is 2.23 bits per heavy atom. The average molecular weight is 203 g/mol. The van der Waals surface area contributed by atoms with Crippen LogP contribution in [0.15, 0.2) is 18.3 Å². The van der Waals surface area contributed by atoms with Crippen LogP contribution < -0.4 is 0 Å². The van der Waals surface area contributed by atoms with E-state index in [9.17, 15) is 8.42 Å². The molecule has 0 aliphatic heterocycles. The molecule has 1 atom stereocenters. The second-order valence-electron chi connectivity index (χ2n) is 2.96. The largest absolute Gasteiger partial charge is 0.353 e. The number of rotatable bonds is 3. The molecule has 5 heteroatoms. The lowest BCUT2D eigenvalue weighted by molar-refractivity contribution is 0.463. The molecule has 0 saturated carbocycles. The summed E-state index contributed by atoms with van der Waals surface area (Å²) in [6.45, 7) is 1.73. The van der Waals surface area contributed by atoms with Crippen LogP contribution in [-0.2, 0) is 17.2 Å². The van der Waals surface area contributed by atoms with Crippen molar-refractivity contribution in [1.29, 1.82) is 0 Å². The monoisotopic (exact) mass is 203 g/mol. The number of hydrogen-bond acceptors (Lipinski definition) is 2. The summed E-state index contributed by atoms with van der Waals surface area (Å²) in [5.74, 6) is 0. The van der Waals surface area contributed by atoms with Gasteiger partial charge in [0.1, 0.15) is 5.25 Å². The van der Waals surface area contributed by atoms with Gasteiger partial charge in [-0.1, -0.05) is 6.92 Å². The van der Waals surface area contributed by atoms with E-state index in [2.05, 4.69) is 0 Å². The van der Waals surface area contributed by atoms with Crippen molar-refractivity contribution in [1.82, 2.24) is 4.57 Å². The average Bonchev–Trinajstić information content (AvgIpc) is 2.35. The number of nitrogens with zero attached hydrogens (tertiary/aromatic N) is 1. The van der Waals surface area contributed by atoms with E-state index in [1.165, 1.54) is 0 Å². The fourth-order valence-corrected chi connectivity index (χ4v) is 2.35. The number of aromatic nitrogens is 1. The molecule has 1 rings (SSSR count). The Labute approximate surface area is 77.9 Å². The molecule has 1 aromatic rings. The van der Waals surface area contributed by atoms with Crippen LogP contribution in [0, 0.1) is 0 Å².